The van der Waals surface area contributed by atoms with Gasteiger partial charge in [-0.1, -0.05) is 6.07 Å². The van der Waals surface area contributed by atoms with E-state index in [-0.39, 0.29) is 11.3 Å². The number of nitrogens with zero attached hydrogens (tertiary/aromatic N) is 2. The van der Waals surface area contributed by atoms with Gasteiger partial charge < -0.3 is 4.74 Å². The molecule has 2 aliphatic heterocycles. The van der Waals surface area contributed by atoms with Crippen molar-refractivity contribution < 1.29 is 17.9 Å². The van der Waals surface area contributed by atoms with Crippen molar-refractivity contribution in [2.45, 2.75) is 25.7 Å². The molecule has 132 valence electrons. The number of fused-ring (bicyclic) bond motifs is 4. The van der Waals surface area contributed by atoms with Gasteiger partial charge in [0.25, 0.3) is 5.56 Å². The van der Waals surface area contributed by atoms with E-state index in [4.69, 9.17) is 0 Å². The number of benzene rings is 1. The van der Waals surface area contributed by atoms with E-state index in [1.165, 1.54) is 18.2 Å². The van der Waals surface area contributed by atoms with E-state index in [0.717, 1.165) is 37.4 Å². The molecule has 2 aromatic rings. The van der Waals surface area contributed by atoms with E-state index < -0.39 is 6.36 Å². The number of hydrogen-bond donors (Lipinski definition) is 0. The molecule has 1 aromatic heterocycles. The molecule has 2 aliphatic rings. The zero-order valence-electron chi connectivity index (χ0n) is 13.5. The molecule has 2 atom stereocenters. The number of halogens is 3. The second-order valence-corrected chi connectivity index (χ2v) is 6.76. The Kier molecular flexibility index (Phi) is 3.64. The average Bonchev–Trinajstić information content (AvgIpc) is 2.55. The van der Waals surface area contributed by atoms with Crippen LogP contribution in [0.1, 0.15) is 12.8 Å². The van der Waals surface area contributed by atoms with Crippen molar-refractivity contribution in [2.75, 3.05) is 13.1 Å². The quantitative estimate of drug-likeness (QED) is 0.771. The van der Waals surface area contributed by atoms with Crippen LogP contribution in [0, 0.1) is 5.92 Å². The minimum Gasteiger partial charge on any atom is -0.406 e. The Morgan fingerprint density at radius 3 is 2.76 bits per heavy atom. The largest absolute Gasteiger partial charge is 0.573 e. The fraction of sp³-hybridized carbons (Fsp3) is 0.389. The number of ether oxygens (including phenoxy) is 1. The lowest BCUT2D eigenvalue weighted by Gasteiger charge is -2.47. The highest BCUT2D eigenvalue weighted by Gasteiger charge is 2.45. The summed E-state index contributed by atoms with van der Waals surface area (Å²) in [6.45, 7) is 2.22. The SMILES string of the molecule is O=c1cccc2n1CC1CCC[N+]2(c2cccc(OC(F)(F)F)c2)C1. The number of aromatic nitrogens is 1. The van der Waals surface area contributed by atoms with E-state index in [2.05, 4.69) is 4.74 Å². The van der Waals surface area contributed by atoms with Crippen molar-refractivity contribution in [3.05, 3.63) is 52.8 Å². The van der Waals surface area contributed by atoms with E-state index in [1.54, 1.807) is 16.7 Å². The molecule has 7 heteroatoms. The van der Waals surface area contributed by atoms with Gasteiger partial charge in [0.15, 0.2) is 0 Å². The number of alkyl halides is 3. The lowest BCUT2D eigenvalue weighted by molar-refractivity contribution is -0.274. The van der Waals surface area contributed by atoms with Crippen LogP contribution in [0.2, 0.25) is 0 Å². The summed E-state index contributed by atoms with van der Waals surface area (Å²) in [5.41, 5.74) is 0.666. The first-order chi connectivity index (χ1) is 11.9. The summed E-state index contributed by atoms with van der Waals surface area (Å²) in [7, 11) is 0. The number of quaternary nitrogens is 1. The Morgan fingerprint density at radius 2 is 1.96 bits per heavy atom. The summed E-state index contributed by atoms with van der Waals surface area (Å²) in [6, 6.07) is 11.3. The van der Waals surface area contributed by atoms with Crippen LogP contribution in [-0.4, -0.2) is 24.0 Å². The zero-order chi connectivity index (χ0) is 17.7. The molecule has 0 spiro atoms. The molecule has 0 amide bonds. The fourth-order valence-electron chi connectivity index (χ4n) is 4.27. The molecule has 0 N–H and O–H groups in total. The standard InChI is InChI=1S/C18H18F3N2O2/c19-18(20,21)25-15-6-1-5-14(10-15)23-9-3-4-13(12-23)11-22-16(23)7-2-8-17(22)24/h1-2,5-8,10,13H,3-4,9,11-12H2/q+1. The van der Waals surface area contributed by atoms with Crippen molar-refractivity contribution in [1.29, 1.82) is 0 Å². The van der Waals surface area contributed by atoms with Crippen LogP contribution in [-0.2, 0) is 6.54 Å². The second kappa shape index (κ2) is 5.62. The van der Waals surface area contributed by atoms with Gasteiger partial charge in [-0.3, -0.25) is 9.36 Å². The summed E-state index contributed by atoms with van der Waals surface area (Å²) in [5, 5.41) is 0. The Morgan fingerprint density at radius 1 is 1.16 bits per heavy atom. The average molecular weight is 351 g/mol. The minimum absolute atomic E-state index is 0.0608. The maximum Gasteiger partial charge on any atom is 0.573 e. The maximum absolute atomic E-state index is 12.6. The summed E-state index contributed by atoms with van der Waals surface area (Å²) in [5.74, 6) is 0.955. The molecule has 3 heterocycles. The van der Waals surface area contributed by atoms with Crippen molar-refractivity contribution in [3.63, 3.8) is 0 Å². The smallest absolute Gasteiger partial charge is 0.406 e. The Balaban J connectivity index is 1.85. The van der Waals surface area contributed by atoms with Gasteiger partial charge in [-0.15, -0.1) is 13.2 Å². The van der Waals surface area contributed by atoms with Gasteiger partial charge in [0, 0.05) is 30.7 Å². The van der Waals surface area contributed by atoms with Gasteiger partial charge in [-0.25, -0.2) is 4.48 Å². The van der Waals surface area contributed by atoms with E-state index in [1.807, 2.05) is 12.1 Å². The van der Waals surface area contributed by atoms with Crippen LogP contribution in [0.15, 0.2) is 47.3 Å². The first-order valence-corrected chi connectivity index (χ1v) is 8.31. The van der Waals surface area contributed by atoms with Crippen molar-refractivity contribution in [3.8, 4) is 5.75 Å². The van der Waals surface area contributed by atoms with Gasteiger partial charge in [0.2, 0.25) is 5.82 Å². The van der Waals surface area contributed by atoms with Crippen LogP contribution in [0.4, 0.5) is 24.7 Å². The van der Waals surface area contributed by atoms with Crippen LogP contribution >= 0.6 is 0 Å². The second-order valence-electron chi connectivity index (χ2n) is 6.76. The first kappa shape index (κ1) is 16.2. The lowest BCUT2D eigenvalue weighted by atomic mass is 9.91. The summed E-state index contributed by atoms with van der Waals surface area (Å²) < 4.78 is 44.0. The Bertz CT molecular complexity index is 862. The third-order valence-corrected chi connectivity index (χ3v) is 5.17. The molecule has 1 saturated heterocycles. The first-order valence-electron chi connectivity index (χ1n) is 8.31. The predicted octanol–water partition coefficient (Wildman–Crippen LogP) is 3.81. The molecule has 1 aromatic carbocycles. The van der Waals surface area contributed by atoms with E-state index in [9.17, 15) is 18.0 Å². The van der Waals surface area contributed by atoms with Crippen LogP contribution in [0.25, 0.3) is 0 Å². The molecule has 0 radical (unpaired) electrons. The molecule has 1 fully saturated rings. The van der Waals surface area contributed by atoms with Crippen LogP contribution in [0.3, 0.4) is 0 Å². The van der Waals surface area contributed by atoms with Gasteiger partial charge in [-0.05, 0) is 31.0 Å². The minimum atomic E-state index is -4.72. The molecular formula is C18H18F3N2O2+. The van der Waals surface area contributed by atoms with E-state index >= 15 is 0 Å². The lowest BCUT2D eigenvalue weighted by Crippen LogP contribution is -2.58. The molecule has 0 aliphatic carbocycles. The molecule has 4 nitrogen and oxygen atoms in total. The highest BCUT2D eigenvalue weighted by molar-refractivity contribution is 5.59. The summed E-state index contributed by atoms with van der Waals surface area (Å²) in [4.78, 5) is 12.3. The van der Waals surface area contributed by atoms with Crippen molar-refractivity contribution in [2.24, 2.45) is 5.92 Å². The van der Waals surface area contributed by atoms with Crippen LogP contribution in [0.5, 0.6) is 5.75 Å². The molecule has 2 unspecified atom stereocenters. The van der Waals surface area contributed by atoms with Gasteiger partial charge in [0.1, 0.15) is 11.4 Å². The molecule has 4 rings (SSSR count). The zero-order valence-corrected chi connectivity index (χ0v) is 13.5. The number of piperidine rings is 1. The third-order valence-electron chi connectivity index (χ3n) is 5.17. The Hall–Kier alpha value is -2.28. The summed E-state index contributed by atoms with van der Waals surface area (Å²) >= 11 is 0. The fourth-order valence-corrected chi connectivity index (χ4v) is 4.27. The van der Waals surface area contributed by atoms with Gasteiger partial charge >= 0.3 is 6.36 Å². The van der Waals surface area contributed by atoms with E-state index in [0.29, 0.717) is 16.9 Å². The third kappa shape index (κ3) is 2.82. The summed E-state index contributed by atoms with van der Waals surface area (Å²) in [6.07, 6.45) is -2.72. The van der Waals surface area contributed by atoms with Crippen LogP contribution < -0.4 is 14.8 Å². The van der Waals surface area contributed by atoms with Crippen molar-refractivity contribution in [1.82, 2.24) is 9.05 Å². The molecular weight excluding hydrogens is 333 g/mol. The number of pyridine rings is 1. The topological polar surface area (TPSA) is 31.2 Å². The van der Waals surface area contributed by atoms with Gasteiger partial charge in [0.05, 0.1) is 13.1 Å². The normalized spacial score (nSPS) is 25.3. The van der Waals surface area contributed by atoms with Gasteiger partial charge in [-0.2, -0.15) is 0 Å². The molecule has 2 bridgehead atoms. The predicted molar refractivity (Wildman–Crippen MR) is 87.7 cm³/mol. The monoisotopic (exact) mass is 351 g/mol. The molecule has 25 heavy (non-hydrogen) atoms. The number of hydrogen-bond acceptors (Lipinski definition) is 2. The highest BCUT2D eigenvalue weighted by atomic mass is 19.4. The number of rotatable bonds is 2. The maximum atomic E-state index is 12.6. The van der Waals surface area contributed by atoms with Crippen molar-refractivity contribution >= 4 is 11.5 Å². The highest BCUT2D eigenvalue weighted by Crippen LogP contribution is 2.44. The Labute approximate surface area is 142 Å². The molecule has 0 saturated carbocycles.